The molecule has 35 heavy (non-hydrogen) atoms. The molecule has 11 heteroatoms. The number of ether oxygens (including phenoxy) is 2. The van der Waals surface area contributed by atoms with E-state index in [1.54, 1.807) is 46.8 Å². The van der Waals surface area contributed by atoms with Crippen LogP contribution in [0.25, 0.3) is 0 Å². The van der Waals surface area contributed by atoms with Gasteiger partial charge >= 0.3 is 18.2 Å². The SMILES string of the molecule is CC(C)[C@H](NC(=O)OC(C)(C)C)C(=O)N1C[C@H](OC(=O)N2Cc3cccc(F)c3C2)C[C@H]1C(=O)O. The van der Waals surface area contributed by atoms with Crippen LogP contribution < -0.4 is 5.32 Å². The van der Waals surface area contributed by atoms with Gasteiger partial charge < -0.3 is 24.8 Å². The fourth-order valence-corrected chi connectivity index (χ4v) is 4.21. The molecule has 2 aliphatic heterocycles. The van der Waals surface area contributed by atoms with E-state index in [1.165, 1.54) is 11.0 Å². The van der Waals surface area contributed by atoms with Crippen molar-refractivity contribution in [3.63, 3.8) is 0 Å². The lowest BCUT2D eigenvalue weighted by atomic mass is 10.0. The minimum Gasteiger partial charge on any atom is -0.480 e. The van der Waals surface area contributed by atoms with Crippen LogP contribution in [0.5, 0.6) is 0 Å². The maximum atomic E-state index is 14.0. The van der Waals surface area contributed by atoms with E-state index < -0.39 is 53.7 Å². The van der Waals surface area contributed by atoms with Gasteiger partial charge in [0.15, 0.2) is 0 Å². The third kappa shape index (κ3) is 6.20. The summed E-state index contributed by atoms with van der Waals surface area (Å²) in [4.78, 5) is 52.6. The van der Waals surface area contributed by atoms with E-state index in [9.17, 15) is 28.7 Å². The van der Waals surface area contributed by atoms with Crippen molar-refractivity contribution < 1.29 is 38.1 Å². The number of nitrogens with zero attached hydrogens (tertiary/aromatic N) is 2. The van der Waals surface area contributed by atoms with Crippen molar-refractivity contribution in [1.29, 1.82) is 0 Å². The number of hydrogen-bond donors (Lipinski definition) is 2. The fourth-order valence-electron chi connectivity index (χ4n) is 4.21. The topological polar surface area (TPSA) is 125 Å². The zero-order valence-corrected chi connectivity index (χ0v) is 20.5. The molecule has 0 unspecified atom stereocenters. The number of carbonyl (C=O) groups is 4. The standard InChI is InChI=1S/C24H32FN3O7/c1-13(2)19(26-22(32)35-24(3,4)5)20(29)28-11-15(9-18(28)21(30)31)34-23(33)27-10-14-7-6-8-17(25)16(14)12-27/h6-8,13,15,18-19H,9-12H2,1-5H3,(H,26,32)(H,30,31)/t15-,18+,19+/m1/s1. The number of amides is 3. The number of carbonyl (C=O) groups excluding carboxylic acids is 3. The highest BCUT2D eigenvalue weighted by atomic mass is 19.1. The van der Waals surface area contributed by atoms with Crippen LogP contribution in [-0.2, 0) is 32.2 Å². The predicted molar refractivity (Wildman–Crippen MR) is 122 cm³/mol. The molecule has 0 saturated carbocycles. The lowest BCUT2D eigenvalue weighted by molar-refractivity contribution is -0.149. The van der Waals surface area contributed by atoms with Crippen molar-refractivity contribution in [2.75, 3.05) is 6.54 Å². The minimum absolute atomic E-state index is 0.0494. The molecule has 0 spiro atoms. The molecule has 192 valence electrons. The van der Waals surface area contributed by atoms with Crippen molar-refractivity contribution in [2.24, 2.45) is 5.92 Å². The summed E-state index contributed by atoms with van der Waals surface area (Å²) < 4.78 is 24.7. The number of aliphatic carboxylic acids is 1. The summed E-state index contributed by atoms with van der Waals surface area (Å²) in [7, 11) is 0. The number of benzene rings is 1. The zero-order chi connectivity index (χ0) is 26.1. The molecule has 3 rings (SSSR count). The Hall–Kier alpha value is -3.37. The Balaban J connectivity index is 1.67. The van der Waals surface area contributed by atoms with Gasteiger partial charge in [-0.25, -0.2) is 18.8 Å². The number of nitrogens with one attached hydrogen (secondary N) is 1. The molecule has 0 radical (unpaired) electrons. The molecule has 2 aliphatic rings. The lowest BCUT2D eigenvalue weighted by Crippen LogP contribution is -2.54. The summed E-state index contributed by atoms with van der Waals surface area (Å²) >= 11 is 0. The first-order chi connectivity index (χ1) is 16.3. The average Bonchev–Trinajstić information content (AvgIpc) is 3.35. The van der Waals surface area contributed by atoms with E-state index in [1.807, 2.05) is 0 Å². The minimum atomic E-state index is -1.24. The van der Waals surface area contributed by atoms with E-state index in [-0.39, 0.29) is 32.0 Å². The molecule has 3 amide bonds. The van der Waals surface area contributed by atoms with Gasteiger partial charge in [-0.1, -0.05) is 26.0 Å². The molecule has 1 saturated heterocycles. The van der Waals surface area contributed by atoms with Gasteiger partial charge in [-0.15, -0.1) is 0 Å². The van der Waals surface area contributed by atoms with Crippen molar-refractivity contribution in [3.8, 4) is 0 Å². The number of carboxylic acid groups (broad SMARTS) is 1. The number of rotatable bonds is 5. The van der Waals surface area contributed by atoms with Crippen molar-refractivity contribution in [1.82, 2.24) is 15.1 Å². The third-order valence-corrected chi connectivity index (χ3v) is 5.89. The molecule has 0 aromatic heterocycles. The van der Waals surface area contributed by atoms with Crippen LogP contribution in [0.15, 0.2) is 18.2 Å². The zero-order valence-electron chi connectivity index (χ0n) is 20.5. The van der Waals surface area contributed by atoms with Crippen molar-refractivity contribution in [3.05, 3.63) is 35.1 Å². The van der Waals surface area contributed by atoms with Gasteiger partial charge in [0.25, 0.3) is 0 Å². The van der Waals surface area contributed by atoms with Gasteiger partial charge in [0, 0.05) is 18.5 Å². The Morgan fingerprint density at radius 3 is 2.43 bits per heavy atom. The first-order valence-corrected chi connectivity index (χ1v) is 11.5. The Morgan fingerprint density at radius 2 is 1.86 bits per heavy atom. The molecule has 3 atom stereocenters. The number of hydrogen-bond acceptors (Lipinski definition) is 6. The largest absolute Gasteiger partial charge is 0.480 e. The van der Waals surface area contributed by atoms with Crippen LogP contribution in [0.4, 0.5) is 14.0 Å². The summed E-state index contributed by atoms with van der Waals surface area (Å²) in [5, 5.41) is 12.2. The molecule has 0 bridgehead atoms. The number of halogens is 1. The first-order valence-electron chi connectivity index (χ1n) is 11.5. The van der Waals surface area contributed by atoms with Crippen LogP contribution in [0.2, 0.25) is 0 Å². The summed E-state index contributed by atoms with van der Waals surface area (Å²) in [6, 6.07) is 2.36. The first kappa shape index (κ1) is 26.2. The van der Waals surface area contributed by atoms with E-state index in [4.69, 9.17) is 9.47 Å². The Bertz CT molecular complexity index is 1010. The molecule has 2 heterocycles. The average molecular weight is 494 g/mol. The predicted octanol–water partition coefficient (Wildman–Crippen LogP) is 2.88. The second-order valence-corrected chi connectivity index (χ2v) is 10.2. The smallest absolute Gasteiger partial charge is 0.410 e. The Kier molecular flexibility index (Phi) is 7.56. The Labute approximate surface area is 203 Å². The fraction of sp³-hybridized carbons (Fsp3) is 0.583. The lowest BCUT2D eigenvalue weighted by Gasteiger charge is -2.30. The highest BCUT2D eigenvalue weighted by Crippen LogP contribution is 2.28. The number of likely N-dealkylation sites (tertiary alicyclic amines) is 1. The van der Waals surface area contributed by atoms with Gasteiger partial charge in [0.05, 0.1) is 13.1 Å². The quantitative estimate of drug-likeness (QED) is 0.646. The van der Waals surface area contributed by atoms with Gasteiger partial charge in [-0.2, -0.15) is 0 Å². The second-order valence-electron chi connectivity index (χ2n) is 10.2. The van der Waals surface area contributed by atoms with E-state index in [0.29, 0.717) is 11.1 Å². The molecule has 1 aromatic carbocycles. The third-order valence-electron chi connectivity index (χ3n) is 5.89. The van der Waals surface area contributed by atoms with E-state index in [2.05, 4.69) is 5.32 Å². The molecule has 2 N–H and O–H groups in total. The van der Waals surface area contributed by atoms with Crippen LogP contribution in [0.3, 0.4) is 0 Å². The van der Waals surface area contributed by atoms with Crippen LogP contribution in [0, 0.1) is 11.7 Å². The Morgan fingerprint density at radius 1 is 1.17 bits per heavy atom. The van der Waals surface area contributed by atoms with Gasteiger partial charge in [0.2, 0.25) is 5.91 Å². The van der Waals surface area contributed by atoms with Gasteiger partial charge in [0.1, 0.15) is 29.6 Å². The van der Waals surface area contributed by atoms with E-state index >= 15 is 0 Å². The summed E-state index contributed by atoms with van der Waals surface area (Å²) in [5.74, 6) is -2.61. The van der Waals surface area contributed by atoms with Crippen LogP contribution in [-0.4, -0.2) is 69.3 Å². The highest BCUT2D eigenvalue weighted by molar-refractivity contribution is 5.90. The highest BCUT2D eigenvalue weighted by Gasteiger charge is 2.45. The molecule has 1 fully saturated rings. The van der Waals surface area contributed by atoms with Crippen LogP contribution >= 0.6 is 0 Å². The monoisotopic (exact) mass is 493 g/mol. The number of carboxylic acids is 1. The molecular weight excluding hydrogens is 461 g/mol. The van der Waals surface area contributed by atoms with Gasteiger partial charge in [-0.05, 0) is 38.3 Å². The maximum Gasteiger partial charge on any atom is 0.410 e. The van der Waals surface area contributed by atoms with Crippen molar-refractivity contribution in [2.45, 2.75) is 77.9 Å². The normalized spacial score (nSPS) is 20.4. The number of fused-ring (bicyclic) bond motifs is 1. The summed E-state index contributed by atoms with van der Waals surface area (Å²) in [6.07, 6.45) is -2.47. The molecule has 10 nitrogen and oxygen atoms in total. The number of alkyl carbamates (subject to hydrolysis) is 1. The van der Waals surface area contributed by atoms with Crippen molar-refractivity contribution >= 4 is 24.1 Å². The summed E-state index contributed by atoms with van der Waals surface area (Å²) in [6.45, 7) is 8.58. The van der Waals surface area contributed by atoms with Crippen LogP contribution in [0.1, 0.15) is 52.2 Å². The second kappa shape index (κ2) is 10.1. The molecule has 1 aromatic rings. The molecular formula is C24H32FN3O7. The summed E-state index contributed by atoms with van der Waals surface area (Å²) in [5.41, 5.74) is 0.328. The van der Waals surface area contributed by atoms with E-state index in [0.717, 1.165) is 4.90 Å². The van der Waals surface area contributed by atoms with Gasteiger partial charge in [-0.3, -0.25) is 9.69 Å². The maximum absolute atomic E-state index is 14.0. The molecule has 0 aliphatic carbocycles.